The smallest absolute Gasteiger partial charge is 0.243 e. The molecule has 2 fully saturated rings. The Bertz CT molecular complexity index is 881. The SMILES string of the molecule is CCCC(=O)N1CCCC(C(=O)Nc2cccc(S(=O)(=O)N3CCN(CC)CC3)c2)C1. The molecule has 0 radical (unpaired) electrons. The van der Waals surface area contributed by atoms with E-state index in [4.69, 9.17) is 0 Å². The first-order valence-electron chi connectivity index (χ1n) is 11.3. The van der Waals surface area contributed by atoms with E-state index in [-0.39, 0.29) is 22.6 Å². The zero-order valence-corrected chi connectivity index (χ0v) is 19.4. The molecule has 2 aliphatic rings. The Hall–Kier alpha value is -1.97. The van der Waals surface area contributed by atoms with E-state index in [0.29, 0.717) is 38.3 Å². The fraction of sp³-hybridized carbons (Fsp3) is 0.636. The van der Waals surface area contributed by atoms with E-state index < -0.39 is 10.0 Å². The van der Waals surface area contributed by atoms with E-state index in [9.17, 15) is 18.0 Å². The molecule has 1 aromatic rings. The summed E-state index contributed by atoms with van der Waals surface area (Å²) in [5.41, 5.74) is 0.468. The van der Waals surface area contributed by atoms with Gasteiger partial charge in [0.05, 0.1) is 10.8 Å². The highest BCUT2D eigenvalue weighted by Gasteiger charge is 2.30. The van der Waals surface area contributed by atoms with Crippen molar-refractivity contribution in [1.82, 2.24) is 14.1 Å². The molecule has 0 aromatic heterocycles. The van der Waals surface area contributed by atoms with Crippen LogP contribution in [-0.4, -0.2) is 80.2 Å². The number of sulfonamides is 1. The molecule has 2 heterocycles. The van der Waals surface area contributed by atoms with Crippen LogP contribution in [0, 0.1) is 5.92 Å². The molecular formula is C22H34N4O4S. The highest BCUT2D eigenvalue weighted by molar-refractivity contribution is 7.89. The molecule has 172 valence electrons. The van der Waals surface area contributed by atoms with Crippen LogP contribution in [0.3, 0.4) is 0 Å². The van der Waals surface area contributed by atoms with Gasteiger partial charge in [-0.1, -0.05) is 19.9 Å². The number of hydrogen-bond acceptors (Lipinski definition) is 5. The molecule has 0 saturated carbocycles. The average Bonchev–Trinajstić information content (AvgIpc) is 2.79. The van der Waals surface area contributed by atoms with Gasteiger partial charge in [-0.3, -0.25) is 9.59 Å². The Morgan fingerprint density at radius 3 is 2.52 bits per heavy atom. The molecule has 31 heavy (non-hydrogen) atoms. The lowest BCUT2D eigenvalue weighted by molar-refractivity contribution is -0.134. The van der Waals surface area contributed by atoms with Crippen molar-refractivity contribution in [2.45, 2.75) is 44.4 Å². The number of hydrogen-bond donors (Lipinski definition) is 1. The van der Waals surface area contributed by atoms with Crippen molar-refractivity contribution in [3.63, 3.8) is 0 Å². The summed E-state index contributed by atoms with van der Waals surface area (Å²) in [6.07, 6.45) is 2.81. The summed E-state index contributed by atoms with van der Waals surface area (Å²) in [6, 6.07) is 6.46. The normalized spacial score (nSPS) is 21.1. The van der Waals surface area contributed by atoms with E-state index in [1.54, 1.807) is 23.1 Å². The van der Waals surface area contributed by atoms with Crippen LogP contribution in [0.25, 0.3) is 0 Å². The number of likely N-dealkylation sites (N-methyl/N-ethyl adjacent to an activating group) is 1. The van der Waals surface area contributed by atoms with Crippen molar-refractivity contribution in [1.29, 1.82) is 0 Å². The summed E-state index contributed by atoms with van der Waals surface area (Å²) < 4.78 is 27.6. The van der Waals surface area contributed by atoms with Crippen LogP contribution in [-0.2, 0) is 19.6 Å². The fourth-order valence-electron chi connectivity index (χ4n) is 4.20. The van der Waals surface area contributed by atoms with E-state index in [1.165, 1.54) is 10.4 Å². The van der Waals surface area contributed by atoms with Gasteiger partial charge in [-0.05, 0) is 44.0 Å². The van der Waals surface area contributed by atoms with E-state index >= 15 is 0 Å². The molecule has 2 amide bonds. The number of amides is 2. The molecule has 8 nitrogen and oxygen atoms in total. The summed E-state index contributed by atoms with van der Waals surface area (Å²) in [7, 11) is -3.60. The second-order valence-electron chi connectivity index (χ2n) is 8.28. The minimum atomic E-state index is -3.60. The third-order valence-electron chi connectivity index (χ3n) is 6.13. The van der Waals surface area contributed by atoms with Gasteiger partial charge in [0.2, 0.25) is 21.8 Å². The molecular weight excluding hydrogens is 416 g/mol. The Labute approximate surface area is 185 Å². The van der Waals surface area contributed by atoms with Crippen molar-refractivity contribution in [2.75, 3.05) is 51.1 Å². The lowest BCUT2D eigenvalue weighted by Crippen LogP contribution is -2.48. The van der Waals surface area contributed by atoms with Gasteiger partial charge < -0.3 is 15.1 Å². The Morgan fingerprint density at radius 1 is 1.10 bits per heavy atom. The molecule has 1 atom stereocenters. The van der Waals surface area contributed by atoms with Gasteiger partial charge >= 0.3 is 0 Å². The maximum absolute atomic E-state index is 13.1. The first-order valence-corrected chi connectivity index (χ1v) is 12.7. The molecule has 2 saturated heterocycles. The van der Waals surface area contributed by atoms with Crippen LogP contribution >= 0.6 is 0 Å². The van der Waals surface area contributed by atoms with E-state index in [1.807, 2.05) is 6.92 Å². The molecule has 0 spiro atoms. The molecule has 2 aliphatic heterocycles. The van der Waals surface area contributed by atoms with E-state index in [0.717, 1.165) is 38.9 Å². The maximum atomic E-state index is 13.1. The molecule has 1 N–H and O–H groups in total. The number of rotatable bonds is 7. The predicted molar refractivity (Wildman–Crippen MR) is 120 cm³/mol. The van der Waals surface area contributed by atoms with Gasteiger partial charge in [-0.2, -0.15) is 4.31 Å². The number of nitrogens with one attached hydrogen (secondary N) is 1. The van der Waals surface area contributed by atoms with Crippen molar-refractivity contribution >= 4 is 27.5 Å². The van der Waals surface area contributed by atoms with Gasteiger partial charge in [0.15, 0.2) is 0 Å². The predicted octanol–water partition coefficient (Wildman–Crippen LogP) is 1.99. The summed E-state index contributed by atoms with van der Waals surface area (Å²) in [6.45, 7) is 8.46. The number of likely N-dealkylation sites (tertiary alicyclic amines) is 1. The van der Waals surface area contributed by atoms with Gasteiger partial charge in [0, 0.05) is 51.4 Å². The second-order valence-corrected chi connectivity index (χ2v) is 10.2. The first kappa shape index (κ1) is 23.7. The fourth-order valence-corrected chi connectivity index (χ4v) is 5.67. The number of piperidine rings is 1. The Kier molecular flexibility index (Phi) is 8.07. The van der Waals surface area contributed by atoms with Gasteiger partial charge in [0.1, 0.15) is 0 Å². The van der Waals surface area contributed by atoms with Crippen LogP contribution in [0.1, 0.15) is 39.5 Å². The molecule has 1 aromatic carbocycles. The quantitative estimate of drug-likeness (QED) is 0.686. The second kappa shape index (κ2) is 10.6. The Balaban J connectivity index is 1.65. The lowest BCUT2D eigenvalue weighted by atomic mass is 9.96. The lowest BCUT2D eigenvalue weighted by Gasteiger charge is -2.33. The number of benzene rings is 1. The molecule has 0 bridgehead atoms. The zero-order chi connectivity index (χ0) is 22.4. The number of anilines is 1. The standard InChI is InChI=1S/C22H34N4O4S/c1-3-7-21(27)25-11-6-8-18(17-25)22(28)23-19-9-5-10-20(16-19)31(29,30)26-14-12-24(4-2)13-15-26/h5,9-10,16,18H,3-4,6-8,11-15,17H2,1-2H3,(H,23,28). The minimum absolute atomic E-state index is 0.0938. The molecule has 9 heteroatoms. The summed E-state index contributed by atoms with van der Waals surface area (Å²) in [4.78, 5) is 29.2. The van der Waals surface area contributed by atoms with Gasteiger partial charge in [-0.15, -0.1) is 0 Å². The number of carbonyl (C=O) groups is 2. The van der Waals surface area contributed by atoms with Crippen molar-refractivity contribution in [3.05, 3.63) is 24.3 Å². The highest BCUT2D eigenvalue weighted by atomic mass is 32.2. The van der Waals surface area contributed by atoms with Crippen molar-refractivity contribution in [2.24, 2.45) is 5.92 Å². The van der Waals surface area contributed by atoms with Gasteiger partial charge in [0.25, 0.3) is 0 Å². The van der Waals surface area contributed by atoms with Crippen LogP contribution < -0.4 is 5.32 Å². The summed E-state index contributed by atoms with van der Waals surface area (Å²) in [5, 5.41) is 2.87. The Morgan fingerprint density at radius 2 is 1.84 bits per heavy atom. The monoisotopic (exact) mass is 450 g/mol. The van der Waals surface area contributed by atoms with Crippen LogP contribution in [0.4, 0.5) is 5.69 Å². The molecule has 0 aliphatic carbocycles. The molecule has 1 unspecified atom stereocenters. The molecule has 3 rings (SSSR count). The number of piperazine rings is 1. The largest absolute Gasteiger partial charge is 0.342 e. The van der Waals surface area contributed by atoms with Crippen LogP contribution in [0.2, 0.25) is 0 Å². The van der Waals surface area contributed by atoms with Crippen molar-refractivity contribution in [3.8, 4) is 0 Å². The number of carbonyl (C=O) groups excluding carboxylic acids is 2. The number of nitrogens with zero attached hydrogens (tertiary/aromatic N) is 3. The summed E-state index contributed by atoms with van der Waals surface area (Å²) >= 11 is 0. The topological polar surface area (TPSA) is 90.0 Å². The first-order chi connectivity index (χ1) is 14.8. The minimum Gasteiger partial charge on any atom is -0.342 e. The van der Waals surface area contributed by atoms with Crippen LogP contribution in [0.5, 0.6) is 0 Å². The maximum Gasteiger partial charge on any atom is 0.243 e. The van der Waals surface area contributed by atoms with Gasteiger partial charge in [-0.25, -0.2) is 8.42 Å². The third-order valence-corrected chi connectivity index (χ3v) is 8.02. The third kappa shape index (κ3) is 5.84. The summed E-state index contributed by atoms with van der Waals surface area (Å²) in [5.74, 6) is -0.353. The zero-order valence-electron chi connectivity index (χ0n) is 18.5. The van der Waals surface area contributed by atoms with Crippen LogP contribution in [0.15, 0.2) is 29.2 Å². The van der Waals surface area contributed by atoms with Crippen molar-refractivity contribution < 1.29 is 18.0 Å². The highest BCUT2D eigenvalue weighted by Crippen LogP contribution is 2.23. The average molecular weight is 451 g/mol. The van der Waals surface area contributed by atoms with E-state index in [2.05, 4.69) is 17.1 Å².